The summed E-state index contributed by atoms with van der Waals surface area (Å²) in [5, 5.41) is 3.50. The first kappa shape index (κ1) is 21.4. The van der Waals surface area contributed by atoms with Crippen LogP contribution in [0, 0.1) is 0 Å². The zero-order valence-electron chi connectivity index (χ0n) is 17.6. The molecule has 3 heterocycles. The van der Waals surface area contributed by atoms with Crippen molar-refractivity contribution in [2.24, 2.45) is 0 Å². The van der Waals surface area contributed by atoms with Crippen molar-refractivity contribution >= 4 is 17.8 Å². The van der Waals surface area contributed by atoms with Crippen LogP contribution in [0.1, 0.15) is 30.4 Å². The van der Waals surface area contributed by atoms with E-state index in [9.17, 15) is 14.4 Å². The number of hydrogen-bond acceptors (Lipinski definition) is 6. The Balaban J connectivity index is 1.47. The molecule has 32 heavy (non-hydrogen) atoms. The van der Waals surface area contributed by atoms with Crippen molar-refractivity contribution in [2.45, 2.75) is 32.0 Å². The number of furan rings is 2. The van der Waals surface area contributed by atoms with Crippen LogP contribution in [-0.4, -0.2) is 34.3 Å². The van der Waals surface area contributed by atoms with E-state index in [1.54, 1.807) is 66.0 Å². The van der Waals surface area contributed by atoms with Crippen LogP contribution in [0.4, 0.5) is 4.79 Å². The number of nitrogens with one attached hydrogen (secondary N) is 2. The van der Waals surface area contributed by atoms with Gasteiger partial charge in [-0.15, -0.1) is 0 Å². The van der Waals surface area contributed by atoms with Gasteiger partial charge in [0.15, 0.2) is 0 Å². The van der Waals surface area contributed by atoms with Gasteiger partial charge in [0.2, 0.25) is 0 Å². The number of nitrogens with zero attached hydrogens (tertiary/aromatic N) is 2. The summed E-state index contributed by atoms with van der Waals surface area (Å²) in [6, 6.07) is 15.5. The first-order valence-corrected chi connectivity index (χ1v) is 10.3. The fourth-order valence-corrected chi connectivity index (χ4v) is 3.82. The molecule has 0 bridgehead atoms. The van der Waals surface area contributed by atoms with Crippen molar-refractivity contribution in [2.75, 3.05) is 6.54 Å². The molecule has 9 nitrogen and oxygen atoms in total. The van der Waals surface area contributed by atoms with Crippen molar-refractivity contribution < 1.29 is 23.2 Å². The van der Waals surface area contributed by atoms with Crippen LogP contribution in [0.3, 0.4) is 0 Å². The van der Waals surface area contributed by atoms with E-state index in [-0.39, 0.29) is 6.54 Å². The van der Waals surface area contributed by atoms with E-state index >= 15 is 0 Å². The van der Waals surface area contributed by atoms with E-state index in [1.807, 2.05) is 13.0 Å². The van der Waals surface area contributed by atoms with E-state index in [2.05, 4.69) is 10.7 Å². The first-order valence-electron chi connectivity index (χ1n) is 10.3. The molecule has 1 atom stereocenters. The van der Waals surface area contributed by atoms with Gasteiger partial charge >= 0.3 is 6.03 Å². The molecule has 4 rings (SSSR count). The predicted octanol–water partition coefficient (Wildman–Crippen LogP) is 2.76. The van der Waals surface area contributed by atoms with Crippen LogP contribution in [0.15, 0.2) is 76.0 Å². The molecule has 0 aliphatic carbocycles. The summed E-state index contributed by atoms with van der Waals surface area (Å²) in [4.78, 5) is 40.4. The van der Waals surface area contributed by atoms with Crippen molar-refractivity contribution in [1.82, 2.24) is 20.7 Å². The molecule has 1 saturated heterocycles. The smallest absolute Gasteiger partial charge is 0.344 e. The Morgan fingerprint density at radius 1 is 1.00 bits per heavy atom. The molecule has 3 aromatic rings. The Labute approximate surface area is 184 Å². The Bertz CT molecular complexity index is 1030. The number of carbonyl (C=O) groups excluding carboxylic acids is 3. The fourth-order valence-electron chi connectivity index (χ4n) is 3.82. The zero-order valence-corrected chi connectivity index (χ0v) is 17.6. The average molecular weight is 436 g/mol. The van der Waals surface area contributed by atoms with Crippen LogP contribution in [0.5, 0.6) is 0 Å². The summed E-state index contributed by atoms with van der Waals surface area (Å²) in [5.41, 5.74) is 1.90. The minimum atomic E-state index is -1.21. The van der Waals surface area contributed by atoms with Crippen LogP contribution in [-0.2, 0) is 28.2 Å². The summed E-state index contributed by atoms with van der Waals surface area (Å²) < 4.78 is 10.8. The summed E-state index contributed by atoms with van der Waals surface area (Å²) in [7, 11) is 0. The van der Waals surface area contributed by atoms with Gasteiger partial charge in [-0.1, -0.05) is 37.3 Å². The lowest BCUT2D eigenvalue weighted by Gasteiger charge is -2.26. The standard InChI is InChI=1S/C23H24N4O5/c1-2-23(17-8-4-3-5-9-17)21(29)27(22(30)24-23)25-20(28)16-26(14-18-10-6-12-31-18)15-19-11-7-13-32-19/h3-13H,2,14-16H2,1H3,(H,24,30)(H,25,28)/t23-/m0/s1. The van der Waals surface area contributed by atoms with Gasteiger partial charge in [-0.25, -0.2) is 4.79 Å². The largest absolute Gasteiger partial charge is 0.468 e. The number of imide groups is 1. The summed E-state index contributed by atoms with van der Waals surface area (Å²) in [6.07, 6.45) is 3.46. The van der Waals surface area contributed by atoms with Gasteiger partial charge in [-0.2, -0.15) is 5.01 Å². The minimum Gasteiger partial charge on any atom is -0.468 e. The van der Waals surface area contributed by atoms with Crippen LogP contribution < -0.4 is 10.7 Å². The molecule has 2 N–H and O–H groups in total. The number of amides is 4. The topological polar surface area (TPSA) is 108 Å². The summed E-state index contributed by atoms with van der Waals surface area (Å²) >= 11 is 0. The van der Waals surface area contributed by atoms with E-state index in [0.29, 0.717) is 36.6 Å². The second-order valence-corrected chi connectivity index (χ2v) is 7.53. The molecule has 1 aromatic carbocycles. The maximum Gasteiger partial charge on any atom is 0.344 e. The molecule has 166 valence electrons. The van der Waals surface area contributed by atoms with Gasteiger partial charge in [0.1, 0.15) is 17.1 Å². The van der Waals surface area contributed by atoms with E-state index in [4.69, 9.17) is 8.83 Å². The lowest BCUT2D eigenvalue weighted by molar-refractivity contribution is -0.140. The molecular formula is C23H24N4O5. The fraction of sp³-hybridized carbons (Fsp3) is 0.261. The SMILES string of the molecule is CC[C@@]1(c2ccccc2)NC(=O)N(NC(=O)CN(Cc2ccco2)Cc2ccco2)C1=O. The molecule has 0 unspecified atom stereocenters. The predicted molar refractivity (Wildman–Crippen MR) is 113 cm³/mol. The lowest BCUT2D eigenvalue weighted by Crippen LogP contribution is -2.51. The maximum atomic E-state index is 13.2. The molecule has 9 heteroatoms. The second kappa shape index (κ2) is 9.11. The highest BCUT2D eigenvalue weighted by Crippen LogP contribution is 2.31. The van der Waals surface area contributed by atoms with Gasteiger partial charge in [0.05, 0.1) is 32.2 Å². The first-order chi connectivity index (χ1) is 15.5. The molecular weight excluding hydrogens is 412 g/mol. The normalized spacial score (nSPS) is 18.2. The van der Waals surface area contributed by atoms with Gasteiger partial charge in [0.25, 0.3) is 11.8 Å². The molecule has 0 saturated carbocycles. The van der Waals surface area contributed by atoms with Gasteiger partial charge < -0.3 is 14.2 Å². The Morgan fingerprint density at radius 3 is 2.16 bits per heavy atom. The Hall–Kier alpha value is -3.85. The monoisotopic (exact) mass is 436 g/mol. The maximum absolute atomic E-state index is 13.2. The number of hydrazine groups is 1. The van der Waals surface area contributed by atoms with Gasteiger partial charge in [0, 0.05) is 0 Å². The Kier molecular flexibility index (Phi) is 6.09. The van der Waals surface area contributed by atoms with E-state index in [0.717, 1.165) is 5.01 Å². The molecule has 0 spiro atoms. The summed E-state index contributed by atoms with van der Waals surface area (Å²) in [6.45, 7) is 2.43. The van der Waals surface area contributed by atoms with Crippen LogP contribution >= 0.6 is 0 Å². The molecule has 1 aliphatic rings. The molecule has 1 fully saturated rings. The van der Waals surface area contributed by atoms with Crippen LogP contribution in [0.25, 0.3) is 0 Å². The number of rotatable bonds is 9. The quantitative estimate of drug-likeness (QED) is 0.500. The van der Waals surface area contributed by atoms with Gasteiger partial charge in [-0.05, 0) is 36.2 Å². The van der Waals surface area contributed by atoms with E-state index < -0.39 is 23.4 Å². The van der Waals surface area contributed by atoms with Crippen molar-refractivity contribution in [1.29, 1.82) is 0 Å². The highest BCUT2D eigenvalue weighted by atomic mass is 16.3. The zero-order chi connectivity index (χ0) is 22.6. The third-order valence-electron chi connectivity index (χ3n) is 5.41. The molecule has 0 radical (unpaired) electrons. The highest BCUT2D eigenvalue weighted by molar-refractivity contribution is 6.08. The van der Waals surface area contributed by atoms with Crippen molar-refractivity contribution in [3.8, 4) is 0 Å². The number of carbonyl (C=O) groups is 3. The lowest BCUT2D eigenvalue weighted by atomic mass is 9.87. The Morgan fingerprint density at radius 2 is 1.62 bits per heavy atom. The minimum absolute atomic E-state index is 0.0804. The molecule has 4 amide bonds. The van der Waals surface area contributed by atoms with Gasteiger partial charge in [-0.3, -0.25) is 19.9 Å². The summed E-state index contributed by atoms with van der Waals surface area (Å²) in [5.74, 6) is 0.321. The molecule has 2 aromatic heterocycles. The average Bonchev–Trinajstić information content (AvgIpc) is 3.54. The number of urea groups is 1. The third kappa shape index (κ3) is 4.28. The number of benzene rings is 1. The third-order valence-corrected chi connectivity index (χ3v) is 5.41. The van der Waals surface area contributed by atoms with Crippen molar-refractivity contribution in [3.05, 3.63) is 84.2 Å². The van der Waals surface area contributed by atoms with Crippen molar-refractivity contribution in [3.63, 3.8) is 0 Å². The molecule has 1 aliphatic heterocycles. The van der Waals surface area contributed by atoms with Crippen LogP contribution in [0.2, 0.25) is 0 Å². The second-order valence-electron chi connectivity index (χ2n) is 7.53. The number of hydrogen-bond donors (Lipinski definition) is 2. The highest BCUT2D eigenvalue weighted by Gasteiger charge is 2.52. The van der Waals surface area contributed by atoms with E-state index in [1.165, 1.54) is 0 Å².